The molecule has 28 nitrogen and oxygen atoms in total. The van der Waals surface area contributed by atoms with Gasteiger partial charge in [0.05, 0.1) is 38.4 Å². The number of aliphatic carboxylic acids is 1. The van der Waals surface area contributed by atoms with Gasteiger partial charge >= 0.3 is 5.97 Å². The maximum atomic E-state index is 13.5. The summed E-state index contributed by atoms with van der Waals surface area (Å²) >= 11 is 0. The number of hydrogen-bond acceptors (Lipinski definition) is 16. The number of primary amides is 2. The van der Waals surface area contributed by atoms with E-state index >= 15 is 0 Å². The van der Waals surface area contributed by atoms with Gasteiger partial charge in [-0.25, -0.2) is 4.79 Å². The Bertz CT molecular complexity index is 1870. The van der Waals surface area contributed by atoms with Crippen molar-refractivity contribution >= 4 is 70.9 Å². The SMILES string of the molecule is CC(C)C[C@H](NC(=O)[C@@H]1CCCN1C(=O)CNC(=O)[C@@H](N)CCC(N)=O)C(=O)N[C@@H](CO)C(=O)NCC(=O)N[C@@H](CCC(N)=O)C(=O)N[C@@H](CO)C(=O)N[C@H](C(=O)N1CCC[C@H]1C(=O)O)[C@@H](C)O. The van der Waals surface area contributed by atoms with Crippen molar-refractivity contribution in [3.05, 3.63) is 0 Å². The third kappa shape index (κ3) is 18.3. The van der Waals surface area contributed by atoms with Gasteiger partial charge in [-0.2, -0.15) is 0 Å². The average molecular weight is 971 g/mol. The summed E-state index contributed by atoms with van der Waals surface area (Å²) in [6.45, 7) is 1.38. The standard InChI is InChI=1S/C40H66N12O16/c1-19(2)14-23(47-38(65)26-6-4-12-51(26)31(59)16-45-33(60)21(41)8-10-28(42)56)36(63)48-24(17-53)34(61)44-15-30(58)46-22(9-11-29(43)57)35(62)49-25(18-54)37(64)50-32(20(3)55)39(66)52-13-5-7-27(52)40(67)68/h19-27,32,53-55H,4-18,41H2,1-3H3,(H2,42,56)(H2,43,57)(H,44,61)(H,45,60)(H,46,58)(H,47,65)(H,48,63)(H,49,62)(H,50,64)(H,67,68)/t20-,21+,22+,23+,24+,25+,26+,27+,32+/m1/s1. The third-order valence-corrected chi connectivity index (χ3v) is 10.9. The number of carbonyl (C=O) groups excluding carboxylic acids is 11. The molecule has 2 saturated heterocycles. The second kappa shape index (κ2) is 28.0. The summed E-state index contributed by atoms with van der Waals surface area (Å²) in [6, 6.07) is -11.4. The fraction of sp³-hybridized carbons (Fsp3) is 0.700. The molecule has 11 amide bonds. The van der Waals surface area contributed by atoms with Gasteiger partial charge in [0.15, 0.2) is 0 Å². The molecule has 0 bridgehead atoms. The number of aliphatic hydroxyl groups excluding tert-OH is 3. The van der Waals surface area contributed by atoms with E-state index in [1.54, 1.807) is 13.8 Å². The summed E-state index contributed by atoms with van der Waals surface area (Å²) in [5.41, 5.74) is 16.0. The lowest BCUT2D eigenvalue weighted by atomic mass is 10.0. The van der Waals surface area contributed by atoms with E-state index in [9.17, 15) is 78.0 Å². The maximum absolute atomic E-state index is 13.5. The molecule has 0 radical (unpaired) electrons. The summed E-state index contributed by atoms with van der Waals surface area (Å²) in [6.07, 6.45) is -1.50. The number of amides is 11. The maximum Gasteiger partial charge on any atom is 0.326 e. The van der Waals surface area contributed by atoms with Gasteiger partial charge in [-0.1, -0.05) is 13.8 Å². The second-order valence-corrected chi connectivity index (χ2v) is 16.9. The zero-order valence-corrected chi connectivity index (χ0v) is 38.2. The van der Waals surface area contributed by atoms with Gasteiger partial charge in [0, 0.05) is 25.9 Å². The highest BCUT2D eigenvalue weighted by molar-refractivity contribution is 5.98. The van der Waals surface area contributed by atoms with Gasteiger partial charge in [-0.05, 0) is 57.8 Å². The second-order valence-electron chi connectivity index (χ2n) is 16.9. The van der Waals surface area contributed by atoms with E-state index < -0.39 is 165 Å². The Hall–Kier alpha value is -6.52. The molecule has 2 aliphatic heterocycles. The number of aliphatic hydroxyl groups is 3. The Morgan fingerprint density at radius 2 is 1.13 bits per heavy atom. The fourth-order valence-corrected chi connectivity index (χ4v) is 7.27. The minimum atomic E-state index is -1.80. The molecule has 0 spiro atoms. The molecule has 28 heteroatoms. The van der Waals surface area contributed by atoms with Gasteiger partial charge < -0.3 is 84.6 Å². The Morgan fingerprint density at radius 1 is 0.618 bits per heavy atom. The smallest absolute Gasteiger partial charge is 0.326 e. The van der Waals surface area contributed by atoms with Gasteiger partial charge in [0.2, 0.25) is 65.0 Å². The van der Waals surface area contributed by atoms with Crippen molar-refractivity contribution < 1.29 is 78.0 Å². The lowest BCUT2D eigenvalue weighted by molar-refractivity contribution is -0.151. The van der Waals surface area contributed by atoms with Crippen molar-refractivity contribution in [2.45, 2.75) is 133 Å². The first kappa shape index (κ1) is 57.6. The highest BCUT2D eigenvalue weighted by Gasteiger charge is 2.41. The van der Waals surface area contributed by atoms with Crippen LogP contribution in [0.5, 0.6) is 0 Å². The van der Waals surface area contributed by atoms with Gasteiger partial charge in [-0.15, -0.1) is 0 Å². The van der Waals surface area contributed by atoms with E-state index in [1.165, 1.54) is 4.90 Å². The van der Waals surface area contributed by atoms with Gasteiger partial charge in [0.1, 0.15) is 42.3 Å². The summed E-state index contributed by atoms with van der Waals surface area (Å²) in [5.74, 6) is -11.4. The molecule has 0 aromatic rings. The lowest BCUT2D eigenvalue weighted by Crippen LogP contribution is -2.61. The Morgan fingerprint density at radius 3 is 1.68 bits per heavy atom. The molecule has 2 aliphatic rings. The molecule has 0 aliphatic carbocycles. The largest absolute Gasteiger partial charge is 0.480 e. The third-order valence-electron chi connectivity index (χ3n) is 10.9. The number of hydrogen-bond donors (Lipinski definition) is 14. The summed E-state index contributed by atoms with van der Waals surface area (Å²) in [5, 5.41) is 55.8. The van der Waals surface area contributed by atoms with Gasteiger partial charge in [0.25, 0.3) is 0 Å². The summed E-state index contributed by atoms with van der Waals surface area (Å²) < 4.78 is 0. The van der Waals surface area contributed by atoms with Crippen LogP contribution in [0, 0.1) is 5.92 Å². The first-order valence-corrected chi connectivity index (χ1v) is 22.0. The van der Waals surface area contributed by atoms with Crippen molar-refractivity contribution in [1.29, 1.82) is 0 Å². The number of nitrogens with zero attached hydrogens (tertiary/aromatic N) is 2. The predicted molar refractivity (Wildman–Crippen MR) is 233 cm³/mol. The molecule has 0 saturated carbocycles. The van der Waals surface area contributed by atoms with Crippen molar-refractivity contribution in [2.24, 2.45) is 23.1 Å². The van der Waals surface area contributed by atoms with E-state index in [1.807, 2.05) is 0 Å². The average Bonchev–Trinajstić information content (AvgIpc) is 3.98. The normalized spacial score (nSPS) is 18.6. The zero-order valence-electron chi connectivity index (χ0n) is 38.2. The molecule has 17 N–H and O–H groups in total. The van der Waals surface area contributed by atoms with E-state index in [0.717, 1.165) is 11.8 Å². The number of rotatable bonds is 28. The number of carboxylic acid groups (broad SMARTS) is 1. The Labute approximate surface area is 390 Å². The molecule has 0 aromatic heterocycles. The van der Waals surface area contributed by atoms with E-state index in [-0.39, 0.29) is 51.1 Å². The number of likely N-dealkylation sites (tertiary alicyclic amines) is 2. The van der Waals surface area contributed by atoms with Crippen molar-refractivity contribution in [3.63, 3.8) is 0 Å². The molecule has 9 atom stereocenters. The Kier molecular flexibility index (Phi) is 23.7. The molecule has 0 unspecified atom stereocenters. The van der Waals surface area contributed by atoms with Crippen LogP contribution < -0.4 is 54.4 Å². The monoisotopic (exact) mass is 970 g/mol. The molecular weight excluding hydrogens is 905 g/mol. The van der Waals surface area contributed by atoms with E-state index in [0.29, 0.717) is 12.8 Å². The van der Waals surface area contributed by atoms with Crippen LogP contribution in [0.15, 0.2) is 0 Å². The van der Waals surface area contributed by atoms with E-state index in [2.05, 4.69) is 37.2 Å². The van der Waals surface area contributed by atoms with Crippen LogP contribution in [-0.2, 0) is 57.5 Å². The number of carbonyl (C=O) groups is 12. The Balaban J connectivity index is 2.06. The van der Waals surface area contributed by atoms with Gasteiger partial charge in [-0.3, -0.25) is 52.7 Å². The minimum absolute atomic E-state index is 0.0308. The van der Waals surface area contributed by atoms with Crippen molar-refractivity contribution in [3.8, 4) is 0 Å². The highest BCUT2D eigenvalue weighted by Crippen LogP contribution is 2.20. The zero-order chi connectivity index (χ0) is 51.4. The quantitative estimate of drug-likeness (QED) is 0.0346. The molecule has 2 rings (SSSR count). The topological polar surface area (TPSA) is 455 Å². The molecule has 2 heterocycles. The number of carboxylic acids is 1. The van der Waals surface area contributed by atoms with Crippen LogP contribution in [0.3, 0.4) is 0 Å². The van der Waals surface area contributed by atoms with Crippen molar-refractivity contribution in [2.75, 3.05) is 39.4 Å². The predicted octanol–water partition coefficient (Wildman–Crippen LogP) is -8.02. The summed E-state index contributed by atoms with van der Waals surface area (Å²) in [4.78, 5) is 154. The first-order chi connectivity index (χ1) is 31.9. The van der Waals surface area contributed by atoms with Crippen LogP contribution in [-0.4, -0.2) is 195 Å². The molecule has 2 fully saturated rings. The van der Waals surface area contributed by atoms with Crippen LogP contribution in [0.4, 0.5) is 0 Å². The van der Waals surface area contributed by atoms with Crippen LogP contribution in [0.2, 0.25) is 0 Å². The summed E-state index contributed by atoms with van der Waals surface area (Å²) in [7, 11) is 0. The molecule has 382 valence electrons. The molecule has 68 heavy (non-hydrogen) atoms. The van der Waals surface area contributed by atoms with Crippen LogP contribution >= 0.6 is 0 Å². The highest BCUT2D eigenvalue weighted by atomic mass is 16.4. The number of nitrogens with one attached hydrogen (secondary N) is 7. The number of nitrogens with two attached hydrogens (primary N) is 3. The molecule has 0 aromatic carbocycles. The lowest BCUT2D eigenvalue weighted by Gasteiger charge is -2.30. The van der Waals surface area contributed by atoms with Crippen LogP contribution in [0.25, 0.3) is 0 Å². The minimum Gasteiger partial charge on any atom is -0.480 e. The van der Waals surface area contributed by atoms with Crippen molar-refractivity contribution in [1.82, 2.24) is 47.0 Å². The first-order valence-electron chi connectivity index (χ1n) is 22.0. The van der Waals surface area contributed by atoms with Crippen LogP contribution in [0.1, 0.15) is 78.6 Å². The fourth-order valence-electron chi connectivity index (χ4n) is 7.27. The van der Waals surface area contributed by atoms with E-state index in [4.69, 9.17) is 17.2 Å². The molecular formula is C40H66N12O16.